The highest BCUT2D eigenvalue weighted by Crippen LogP contribution is 2.36. The number of benzene rings is 1. The van der Waals surface area contributed by atoms with E-state index in [-0.39, 0.29) is 11.7 Å². The highest BCUT2D eigenvalue weighted by molar-refractivity contribution is 5.32. The number of halogens is 1. The first-order valence-electron chi connectivity index (χ1n) is 7.38. The predicted molar refractivity (Wildman–Crippen MR) is 75.9 cm³/mol. The second-order valence-corrected chi connectivity index (χ2v) is 5.36. The molecule has 1 aliphatic carbocycles. The fraction of sp³-hybridized carbons (Fsp3) is 0.625. The lowest BCUT2D eigenvalue weighted by molar-refractivity contribution is 0.304. The van der Waals surface area contributed by atoms with Gasteiger partial charge in [-0.05, 0) is 55.8 Å². The van der Waals surface area contributed by atoms with Crippen LogP contribution in [0.3, 0.4) is 0 Å². The Kier molecular flexibility index (Phi) is 5.20. The lowest BCUT2D eigenvalue weighted by Crippen LogP contribution is -2.23. The highest BCUT2D eigenvalue weighted by Gasteiger charge is 2.24. The van der Waals surface area contributed by atoms with E-state index in [0.29, 0.717) is 24.8 Å². The average molecular weight is 265 g/mol. The van der Waals surface area contributed by atoms with Gasteiger partial charge in [-0.3, -0.25) is 0 Å². The fourth-order valence-corrected chi connectivity index (χ4v) is 3.16. The molecule has 3 heteroatoms. The van der Waals surface area contributed by atoms with Crippen molar-refractivity contribution >= 4 is 0 Å². The zero-order valence-electron chi connectivity index (χ0n) is 11.7. The molecule has 0 amide bonds. The van der Waals surface area contributed by atoms with E-state index >= 15 is 0 Å². The van der Waals surface area contributed by atoms with Crippen LogP contribution in [-0.4, -0.2) is 13.2 Å². The summed E-state index contributed by atoms with van der Waals surface area (Å²) in [5.41, 5.74) is 6.95. The monoisotopic (exact) mass is 265 g/mol. The van der Waals surface area contributed by atoms with E-state index in [0.717, 1.165) is 5.56 Å². The summed E-state index contributed by atoms with van der Waals surface area (Å²) in [6.07, 6.45) is 6.32. The SMILES string of the molecule is CCOc1ccc(C(CN)C2CCCCC2)cc1F. The van der Waals surface area contributed by atoms with Gasteiger partial charge < -0.3 is 10.5 Å². The maximum atomic E-state index is 13.9. The van der Waals surface area contributed by atoms with Crippen LogP contribution in [0.25, 0.3) is 0 Å². The Bertz CT molecular complexity index is 402. The van der Waals surface area contributed by atoms with Crippen molar-refractivity contribution in [1.82, 2.24) is 0 Å². The van der Waals surface area contributed by atoms with Gasteiger partial charge in [0.15, 0.2) is 11.6 Å². The third kappa shape index (κ3) is 3.47. The molecule has 1 aromatic carbocycles. The summed E-state index contributed by atoms with van der Waals surface area (Å²) in [7, 11) is 0. The van der Waals surface area contributed by atoms with Crippen LogP contribution in [-0.2, 0) is 0 Å². The van der Waals surface area contributed by atoms with Gasteiger partial charge >= 0.3 is 0 Å². The molecule has 1 atom stereocenters. The van der Waals surface area contributed by atoms with Gasteiger partial charge in [0.2, 0.25) is 0 Å². The summed E-state index contributed by atoms with van der Waals surface area (Å²) in [5, 5.41) is 0. The van der Waals surface area contributed by atoms with Crippen LogP contribution in [0.2, 0.25) is 0 Å². The quantitative estimate of drug-likeness (QED) is 0.877. The first-order valence-corrected chi connectivity index (χ1v) is 7.38. The second-order valence-electron chi connectivity index (χ2n) is 5.36. The third-order valence-corrected chi connectivity index (χ3v) is 4.16. The number of hydrogen-bond donors (Lipinski definition) is 1. The van der Waals surface area contributed by atoms with Crippen molar-refractivity contribution in [2.75, 3.05) is 13.2 Å². The Morgan fingerprint density at radius 3 is 2.63 bits per heavy atom. The number of ether oxygens (including phenoxy) is 1. The Balaban J connectivity index is 2.15. The lowest BCUT2D eigenvalue weighted by atomic mass is 9.77. The lowest BCUT2D eigenvalue weighted by Gasteiger charge is -2.30. The van der Waals surface area contributed by atoms with E-state index < -0.39 is 0 Å². The summed E-state index contributed by atoms with van der Waals surface area (Å²) < 4.78 is 19.2. The first kappa shape index (κ1) is 14.3. The topological polar surface area (TPSA) is 35.2 Å². The first-order chi connectivity index (χ1) is 9.26. The van der Waals surface area contributed by atoms with Gasteiger partial charge in [-0.2, -0.15) is 0 Å². The van der Waals surface area contributed by atoms with Crippen LogP contribution in [0.1, 0.15) is 50.5 Å². The van der Waals surface area contributed by atoms with Crippen molar-refractivity contribution in [2.24, 2.45) is 11.7 Å². The van der Waals surface area contributed by atoms with E-state index in [1.54, 1.807) is 12.1 Å². The molecule has 2 rings (SSSR count). The molecule has 2 nitrogen and oxygen atoms in total. The van der Waals surface area contributed by atoms with Gasteiger partial charge in [-0.15, -0.1) is 0 Å². The number of nitrogens with two attached hydrogens (primary N) is 1. The van der Waals surface area contributed by atoms with E-state index in [9.17, 15) is 4.39 Å². The van der Waals surface area contributed by atoms with Crippen molar-refractivity contribution < 1.29 is 9.13 Å². The molecular weight excluding hydrogens is 241 g/mol. The smallest absolute Gasteiger partial charge is 0.165 e. The molecule has 1 aliphatic rings. The van der Waals surface area contributed by atoms with Crippen LogP contribution in [0.4, 0.5) is 4.39 Å². The van der Waals surface area contributed by atoms with Crippen molar-refractivity contribution in [2.45, 2.75) is 44.9 Å². The molecule has 1 unspecified atom stereocenters. The molecule has 0 radical (unpaired) electrons. The fourth-order valence-electron chi connectivity index (χ4n) is 3.16. The van der Waals surface area contributed by atoms with Gasteiger partial charge in [-0.25, -0.2) is 4.39 Å². The minimum atomic E-state index is -0.270. The molecule has 106 valence electrons. The molecule has 0 saturated heterocycles. The molecule has 1 saturated carbocycles. The molecule has 0 aliphatic heterocycles. The third-order valence-electron chi connectivity index (χ3n) is 4.16. The molecule has 19 heavy (non-hydrogen) atoms. The minimum Gasteiger partial charge on any atom is -0.491 e. The van der Waals surface area contributed by atoms with Gasteiger partial charge in [0.05, 0.1) is 6.61 Å². The maximum Gasteiger partial charge on any atom is 0.165 e. The Morgan fingerprint density at radius 2 is 2.05 bits per heavy atom. The van der Waals surface area contributed by atoms with E-state index in [1.165, 1.54) is 32.1 Å². The molecule has 0 heterocycles. The predicted octanol–water partition coefficient (Wildman–Crippen LogP) is 3.85. The van der Waals surface area contributed by atoms with Crippen LogP contribution in [0, 0.1) is 11.7 Å². The van der Waals surface area contributed by atoms with Crippen LogP contribution in [0.5, 0.6) is 5.75 Å². The van der Waals surface area contributed by atoms with Gasteiger partial charge in [-0.1, -0.05) is 25.3 Å². The van der Waals surface area contributed by atoms with Gasteiger partial charge in [0.1, 0.15) is 0 Å². The molecule has 1 aromatic rings. The summed E-state index contributed by atoms with van der Waals surface area (Å²) in [6, 6.07) is 5.32. The summed E-state index contributed by atoms with van der Waals surface area (Å²) in [5.74, 6) is 0.959. The number of rotatable bonds is 5. The Hall–Kier alpha value is -1.09. The molecule has 1 fully saturated rings. The molecular formula is C16H24FNO. The molecule has 0 aromatic heterocycles. The van der Waals surface area contributed by atoms with E-state index in [4.69, 9.17) is 10.5 Å². The molecule has 0 spiro atoms. The largest absolute Gasteiger partial charge is 0.491 e. The summed E-state index contributed by atoms with van der Waals surface area (Å²) in [6.45, 7) is 2.94. The molecule has 0 bridgehead atoms. The Morgan fingerprint density at radius 1 is 1.32 bits per heavy atom. The standard InChI is InChI=1S/C16H24FNO/c1-2-19-16-9-8-13(10-15(16)17)14(11-18)12-6-4-3-5-7-12/h8-10,12,14H,2-7,11,18H2,1H3. The zero-order chi connectivity index (χ0) is 13.7. The van der Waals surface area contributed by atoms with Crippen LogP contribution >= 0.6 is 0 Å². The van der Waals surface area contributed by atoms with Crippen molar-refractivity contribution in [3.63, 3.8) is 0 Å². The number of hydrogen-bond acceptors (Lipinski definition) is 2. The van der Waals surface area contributed by atoms with Crippen LogP contribution in [0.15, 0.2) is 18.2 Å². The van der Waals surface area contributed by atoms with E-state index in [2.05, 4.69) is 0 Å². The van der Waals surface area contributed by atoms with E-state index in [1.807, 2.05) is 13.0 Å². The Labute approximate surface area is 115 Å². The van der Waals surface area contributed by atoms with Gasteiger partial charge in [0, 0.05) is 0 Å². The van der Waals surface area contributed by atoms with Crippen molar-refractivity contribution in [3.8, 4) is 5.75 Å². The summed E-state index contributed by atoms with van der Waals surface area (Å²) in [4.78, 5) is 0. The molecule has 2 N–H and O–H groups in total. The minimum absolute atomic E-state index is 0.270. The normalized spacial score (nSPS) is 18.3. The average Bonchev–Trinajstić information content (AvgIpc) is 2.44. The second kappa shape index (κ2) is 6.90. The maximum absolute atomic E-state index is 13.9. The van der Waals surface area contributed by atoms with Crippen LogP contribution < -0.4 is 10.5 Å². The summed E-state index contributed by atoms with van der Waals surface area (Å²) >= 11 is 0. The van der Waals surface area contributed by atoms with Crippen molar-refractivity contribution in [3.05, 3.63) is 29.6 Å². The van der Waals surface area contributed by atoms with Crippen molar-refractivity contribution in [1.29, 1.82) is 0 Å². The van der Waals surface area contributed by atoms with Gasteiger partial charge in [0.25, 0.3) is 0 Å². The highest BCUT2D eigenvalue weighted by atomic mass is 19.1. The zero-order valence-corrected chi connectivity index (χ0v) is 11.7.